The Morgan fingerprint density at radius 1 is 0.614 bits per heavy atom. The summed E-state index contributed by atoms with van der Waals surface area (Å²) in [4.78, 5) is 3.36. The molecule has 0 aliphatic carbocycles. The van der Waals surface area contributed by atoms with E-state index in [-0.39, 0.29) is 19.8 Å². The molecule has 240 valence electrons. The minimum Gasteiger partial charge on any atom is -0.496 e. The molecule has 3 aromatic carbocycles. The van der Waals surface area contributed by atoms with E-state index in [0.29, 0.717) is 37.1 Å². The highest BCUT2D eigenvalue weighted by Gasteiger charge is 2.55. The fourth-order valence-electron chi connectivity index (χ4n) is 3.83. The van der Waals surface area contributed by atoms with Gasteiger partial charge in [-0.15, -0.1) is 9.05 Å². The van der Waals surface area contributed by atoms with E-state index < -0.39 is 24.7 Å². The molecule has 3 atom stereocenters. The number of benzene rings is 3. The molecule has 0 fully saturated rings. The molecule has 44 heavy (non-hydrogen) atoms. The molecular weight excluding hydrogens is 625 g/mol. The minimum atomic E-state index is -3.33. The van der Waals surface area contributed by atoms with Gasteiger partial charge in [0.1, 0.15) is 37.1 Å². The molecule has 0 heterocycles. The van der Waals surface area contributed by atoms with Crippen molar-refractivity contribution in [3.05, 3.63) is 89.5 Å². The summed E-state index contributed by atoms with van der Waals surface area (Å²) in [5, 5.41) is 0. The molecule has 3 aromatic rings. The van der Waals surface area contributed by atoms with Gasteiger partial charge in [-0.25, -0.2) is 0 Å². The van der Waals surface area contributed by atoms with E-state index in [0.717, 1.165) is 16.7 Å². The molecule has 0 radical (unpaired) electrons. The lowest BCUT2D eigenvalue weighted by Gasteiger charge is -2.21. The minimum absolute atomic E-state index is 0.137. The molecule has 3 unspecified atom stereocenters. The predicted octanol–water partition coefficient (Wildman–Crippen LogP) is 8.76. The lowest BCUT2D eigenvalue weighted by atomic mass is 10.2. The van der Waals surface area contributed by atoms with Crippen LogP contribution in [-0.2, 0) is 47.0 Å². The van der Waals surface area contributed by atoms with Crippen LogP contribution in [0.2, 0.25) is 0 Å². The zero-order chi connectivity index (χ0) is 31.6. The van der Waals surface area contributed by atoms with Crippen molar-refractivity contribution >= 4 is 24.7 Å². The Hall–Kier alpha value is -2.26. The predicted molar refractivity (Wildman–Crippen MR) is 175 cm³/mol. The van der Waals surface area contributed by atoms with Gasteiger partial charge in [0.25, 0.3) is 8.53 Å². The molecule has 0 amide bonds. The number of hydrogen-bond donors (Lipinski definition) is 1. The zero-order valence-corrected chi connectivity index (χ0v) is 28.8. The Morgan fingerprint density at radius 2 is 1.14 bits per heavy atom. The standard InChI is InChI=1S/C30H43N2O9P3/c1-7-36-42(38-22-25-16-10-13-19-28(25)33-4)31-44(40-9-3,41-24-27-18-12-15-21-30(27)35-6)32-43(37-8-2)39-23-26-17-11-14-20-29(26)34-5/h10-21,31H,7-9,22-24H2,1-6H3/q+2. The third-order valence-electron chi connectivity index (χ3n) is 5.83. The van der Waals surface area contributed by atoms with Crippen molar-refractivity contribution < 1.29 is 41.4 Å². The number of nitrogens with zero attached hydrogens (tertiary/aromatic N) is 1. The molecule has 0 aliphatic heterocycles. The van der Waals surface area contributed by atoms with Crippen LogP contribution in [0.25, 0.3) is 0 Å². The molecule has 0 saturated heterocycles. The number of ether oxygens (including phenoxy) is 3. The maximum Gasteiger partial charge on any atom is 0.605 e. The van der Waals surface area contributed by atoms with Crippen LogP contribution in [-0.4, -0.2) is 41.2 Å². The molecule has 11 nitrogen and oxygen atoms in total. The van der Waals surface area contributed by atoms with Crippen LogP contribution in [0.3, 0.4) is 0 Å². The second kappa shape index (κ2) is 20.0. The number of nitrogens with one attached hydrogen (secondary N) is 1. The smallest absolute Gasteiger partial charge is 0.496 e. The summed E-state index contributed by atoms with van der Waals surface area (Å²) in [5.41, 5.74) is 2.55. The van der Waals surface area contributed by atoms with Crippen LogP contribution < -0.4 is 19.1 Å². The molecular formula is C30H43N2O9P3+2. The third kappa shape index (κ3) is 11.3. The lowest BCUT2D eigenvalue weighted by molar-refractivity contribution is 0.212. The van der Waals surface area contributed by atoms with Crippen molar-refractivity contribution in [3.8, 4) is 17.2 Å². The van der Waals surface area contributed by atoms with E-state index in [2.05, 4.69) is 4.86 Å². The van der Waals surface area contributed by atoms with Gasteiger partial charge in [0.2, 0.25) is 4.52 Å². The van der Waals surface area contributed by atoms with Crippen molar-refractivity contribution in [2.75, 3.05) is 41.2 Å². The van der Waals surface area contributed by atoms with E-state index in [1.807, 2.05) is 93.6 Å². The first kappa shape index (κ1) is 36.2. The SMILES string of the molecule is CCOP(N[P+](N=[P+](OCC)OCc1ccccc1OC)(OCC)OCc1ccccc1OC)OCc1ccccc1OC. The summed E-state index contributed by atoms with van der Waals surface area (Å²) >= 11 is 0. The third-order valence-corrected chi connectivity index (χ3v) is 11.8. The van der Waals surface area contributed by atoms with Gasteiger partial charge in [-0.1, -0.05) is 54.6 Å². The monoisotopic (exact) mass is 668 g/mol. The molecule has 0 bridgehead atoms. The van der Waals surface area contributed by atoms with Crippen LogP contribution in [0.15, 0.2) is 77.3 Å². The van der Waals surface area contributed by atoms with Gasteiger partial charge in [0.05, 0.1) is 41.2 Å². The average Bonchev–Trinajstić information content (AvgIpc) is 3.05. The second-order valence-electron chi connectivity index (χ2n) is 8.71. The molecule has 0 saturated carbocycles. The van der Waals surface area contributed by atoms with Crippen molar-refractivity contribution in [3.63, 3.8) is 0 Å². The highest BCUT2D eigenvalue weighted by atomic mass is 31.3. The number of hydrogen-bond acceptors (Lipinski definition) is 11. The van der Waals surface area contributed by atoms with Crippen molar-refractivity contribution in [2.24, 2.45) is 4.52 Å². The molecule has 3 rings (SSSR count). The molecule has 0 aromatic heterocycles. The summed E-state index contributed by atoms with van der Waals surface area (Å²) in [6, 6.07) is 22.9. The Labute approximate surface area is 263 Å². The quantitative estimate of drug-likeness (QED) is 0.111. The average molecular weight is 669 g/mol. The first-order valence-electron chi connectivity index (χ1n) is 14.2. The molecule has 0 aliphatic rings. The van der Waals surface area contributed by atoms with Crippen molar-refractivity contribution in [1.29, 1.82) is 0 Å². The Bertz CT molecular complexity index is 1300. The number of rotatable bonds is 21. The highest BCUT2D eigenvalue weighted by Crippen LogP contribution is 2.68. The highest BCUT2D eigenvalue weighted by molar-refractivity contribution is 7.74. The van der Waals surface area contributed by atoms with E-state index in [4.69, 9.17) is 45.9 Å². The lowest BCUT2D eigenvalue weighted by Crippen LogP contribution is -2.17. The van der Waals surface area contributed by atoms with Crippen LogP contribution in [0.1, 0.15) is 37.5 Å². The summed E-state index contributed by atoms with van der Waals surface area (Å²) in [5.74, 6) is 2.10. The number of methoxy groups -OCH3 is 3. The van der Waals surface area contributed by atoms with Gasteiger partial charge in [-0.3, -0.25) is 0 Å². The summed E-state index contributed by atoms with van der Waals surface area (Å²) in [6.07, 6.45) is 0. The fourth-order valence-corrected chi connectivity index (χ4v) is 9.54. The molecule has 0 spiro atoms. The maximum absolute atomic E-state index is 6.54. The van der Waals surface area contributed by atoms with Gasteiger partial charge in [-0.2, -0.15) is 9.05 Å². The second-order valence-corrected chi connectivity index (χ2v) is 13.8. The first-order valence-corrected chi connectivity index (χ1v) is 18.1. The van der Waals surface area contributed by atoms with E-state index in [1.54, 1.807) is 21.3 Å². The van der Waals surface area contributed by atoms with Gasteiger partial charge in [0, 0.05) is 16.7 Å². The summed E-state index contributed by atoms with van der Waals surface area (Å²) in [6.45, 7) is 7.25. The van der Waals surface area contributed by atoms with Crippen LogP contribution in [0, 0.1) is 0 Å². The Morgan fingerprint density at radius 3 is 1.64 bits per heavy atom. The van der Waals surface area contributed by atoms with Crippen LogP contribution in [0.4, 0.5) is 0 Å². The van der Waals surface area contributed by atoms with E-state index >= 15 is 0 Å². The van der Waals surface area contributed by atoms with Crippen molar-refractivity contribution in [2.45, 2.75) is 40.6 Å². The van der Waals surface area contributed by atoms with Gasteiger partial charge < -0.3 is 23.3 Å². The van der Waals surface area contributed by atoms with Crippen molar-refractivity contribution in [1.82, 2.24) is 4.86 Å². The zero-order valence-electron chi connectivity index (χ0n) is 26.1. The number of para-hydroxylation sites is 3. The van der Waals surface area contributed by atoms with E-state index in [9.17, 15) is 0 Å². The Kier molecular flexibility index (Phi) is 16.4. The topological polar surface area (TPSA) is 107 Å². The largest absolute Gasteiger partial charge is 0.605 e. The molecule has 14 heteroatoms. The van der Waals surface area contributed by atoms with Crippen LogP contribution in [0.5, 0.6) is 17.2 Å². The first-order chi connectivity index (χ1) is 21.5. The molecule has 1 N–H and O–H groups in total. The van der Waals surface area contributed by atoms with Gasteiger partial charge in [-0.05, 0) is 43.8 Å². The van der Waals surface area contributed by atoms with Gasteiger partial charge in [0.15, 0.2) is 0 Å². The maximum atomic E-state index is 6.54. The summed E-state index contributed by atoms with van der Waals surface area (Å²) < 4.78 is 58.8. The Balaban J connectivity index is 1.96. The van der Waals surface area contributed by atoms with Crippen LogP contribution >= 0.6 is 24.7 Å². The van der Waals surface area contributed by atoms with E-state index in [1.165, 1.54) is 0 Å². The van der Waals surface area contributed by atoms with Gasteiger partial charge >= 0.3 is 16.2 Å². The summed E-state index contributed by atoms with van der Waals surface area (Å²) in [7, 11) is -2.05. The fraction of sp³-hybridized carbons (Fsp3) is 0.400. The normalized spacial score (nSPS) is 13.7.